The van der Waals surface area contributed by atoms with Gasteiger partial charge in [0.2, 0.25) is 5.91 Å². The quantitative estimate of drug-likeness (QED) is 0.692. The summed E-state index contributed by atoms with van der Waals surface area (Å²) in [5, 5.41) is 5.92. The van der Waals surface area contributed by atoms with Gasteiger partial charge in [0, 0.05) is 32.1 Å². The third-order valence-electron chi connectivity index (χ3n) is 5.86. The lowest BCUT2D eigenvalue weighted by molar-refractivity contribution is -0.126. The van der Waals surface area contributed by atoms with E-state index in [4.69, 9.17) is 9.47 Å². The first kappa shape index (κ1) is 23.4. The molecule has 2 aromatic carbocycles. The molecule has 1 fully saturated rings. The lowest BCUT2D eigenvalue weighted by Gasteiger charge is -2.37. The molecule has 1 heterocycles. The average Bonchev–Trinajstić information content (AvgIpc) is 2.82. The Morgan fingerprint density at radius 3 is 2.50 bits per heavy atom. The molecule has 1 saturated heterocycles. The van der Waals surface area contributed by atoms with Gasteiger partial charge in [-0.3, -0.25) is 4.79 Å². The number of hydrogen-bond acceptors (Lipinski definition) is 4. The summed E-state index contributed by atoms with van der Waals surface area (Å²) in [7, 11) is 3.20. The largest absolute Gasteiger partial charge is 0.493 e. The number of likely N-dealkylation sites (tertiary alicyclic amines) is 1. The second-order valence-electron chi connectivity index (χ2n) is 8.19. The second kappa shape index (κ2) is 10.9. The van der Waals surface area contributed by atoms with Crippen molar-refractivity contribution in [3.05, 3.63) is 59.2 Å². The molecule has 0 aromatic heterocycles. The summed E-state index contributed by atoms with van der Waals surface area (Å²) >= 11 is 0. The highest BCUT2D eigenvalue weighted by Crippen LogP contribution is 2.35. The Hall–Kier alpha value is -3.22. The molecule has 2 atom stereocenters. The number of urea groups is 1. The SMILES string of the molecule is CCNC(=O)N1C[C@H](C(=O)NCc2cccc(C)c2)C[C@H](c2ccc(OC)c(OC)c2)C1. The highest BCUT2D eigenvalue weighted by Gasteiger charge is 2.34. The molecule has 0 saturated carbocycles. The molecule has 2 aromatic rings. The zero-order valence-electron chi connectivity index (χ0n) is 19.3. The number of nitrogens with zero attached hydrogens (tertiary/aromatic N) is 1. The smallest absolute Gasteiger partial charge is 0.317 e. The Kier molecular flexibility index (Phi) is 7.98. The zero-order valence-corrected chi connectivity index (χ0v) is 19.3. The van der Waals surface area contributed by atoms with Crippen molar-refractivity contribution < 1.29 is 19.1 Å². The van der Waals surface area contributed by atoms with E-state index < -0.39 is 0 Å². The number of ether oxygens (including phenoxy) is 2. The second-order valence-corrected chi connectivity index (χ2v) is 8.19. The molecule has 2 N–H and O–H groups in total. The van der Waals surface area contributed by atoms with Crippen LogP contribution in [-0.4, -0.2) is 50.7 Å². The normalized spacial score (nSPS) is 18.1. The number of rotatable bonds is 7. The standard InChI is InChI=1S/C25H33N3O4/c1-5-26-25(30)28-15-20(19-9-10-22(31-3)23(13-19)32-4)12-21(16-28)24(29)27-14-18-8-6-7-17(2)11-18/h6-11,13,20-21H,5,12,14-16H2,1-4H3,(H,26,30)(H,27,29)/t20-,21+/m0/s1. The van der Waals surface area contributed by atoms with E-state index in [0.29, 0.717) is 44.1 Å². The van der Waals surface area contributed by atoms with E-state index in [9.17, 15) is 9.59 Å². The molecule has 7 nitrogen and oxygen atoms in total. The van der Waals surface area contributed by atoms with Gasteiger partial charge in [-0.2, -0.15) is 0 Å². The third kappa shape index (κ3) is 5.72. The highest BCUT2D eigenvalue weighted by molar-refractivity contribution is 5.81. The van der Waals surface area contributed by atoms with Crippen LogP contribution in [0.4, 0.5) is 4.79 Å². The number of methoxy groups -OCH3 is 2. The van der Waals surface area contributed by atoms with Gasteiger partial charge in [0.05, 0.1) is 20.1 Å². The van der Waals surface area contributed by atoms with Crippen molar-refractivity contribution in [3.8, 4) is 11.5 Å². The van der Waals surface area contributed by atoms with Crippen LogP contribution in [0.5, 0.6) is 11.5 Å². The van der Waals surface area contributed by atoms with Gasteiger partial charge in [-0.15, -0.1) is 0 Å². The van der Waals surface area contributed by atoms with Crippen LogP contribution in [0.3, 0.4) is 0 Å². The summed E-state index contributed by atoms with van der Waals surface area (Å²) in [4.78, 5) is 27.4. The molecule has 3 rings (SSSR count). The molecular weight excluding hydrogens is 406 g/mol. The van der Waals surface area contributed by atoms with Crippen molar-refractivity contribution in [2.24, 2.45) is 5.92 Å². The molecule has 172 valence electrons. The Labute approximate surface area is 190 Å². The van der Waals surface area contributed by atoms with Crippen molar-refractivity contribution >= 4 is 11.9 Å². The van der Waals surface area contributed by atoms with E-state index in [1.54, 1.807) is 19.1 Å². The lowest BCUT2D eigenvalue weighted by Crippen LogP contribution is -2.51. The van der Waals surface area contributed by atoms with Crippen molar-refractivity contribution in [2.45, 2.75) is 32.7 Å². The minimum absolute atomic E-state index is 0.0147. The topological polar surface area (TPSA) is 79.9 Å². The van der Waals surface area contributed by atoms with Gasteiger partial charge in [0.25, 0.3) is 0 Å². The fraction of sp³-hybridized carbons (Fsp3) is 0.440. The van der Waals surface area contributed by atoms with Crippen molar-refractivity contribution in [2.75, 3.05) is 33.9 Å². The van der Waals surface area contributed by atoms with Crippen LogP contribution in [0.15, 0.2) is 42.5 Å². The van der Waals surface area contributed by atoms with Crippen molar-refractivity contribution in [3.63, 3.8) is 0 Å². The van der Waals surface area contributed by atoms with Crippen molar-refractivity contribution in [1.82, 2.24) is 15.5 Å². The summed E-state index contributed by atoms with van der Waals surface area (Å²) in [5.41, 5.74) is 3.24. The minimum Gasteiger partial charge on any atom is -0.493 e. The number of carbonyl (C=O) groups is 2. The van der Waals surface area contributed by atoms with E-state index in [-0.39, 0.29) is 23.8 Å². The molecule has 3 amide bonds. The Balaban J connectivity index is 1.77. The van der Waals surface area contributed by atoms with E-state index in [2.05, 4.69) is 16.7 Å². The molecule has 7 heteroatoms. The molecule has 0 aliphatic carbocycles. The van der Waals surface area contributed by atoms with Gasteiger partial charge in [-0.1, -0.05) is 35.9 Å². The molecule has 0 unspecified atom stereocenters. The van der Waals surface area contributed by atoms with Gasteiger partial charge < -0.3 is 25.0 Å². The molecule has 0 spiro atoms. The van der Waals surface area contributed by atoms with E-state index >= 15 is 0 Å². The number of hydrogen-bond donors (Lipinski definition) is 2. The summed E-state index contributed by atoms with van der Waals surface area (Å²) in [6, 6.07) is 13.7. The average molecular weight is 440 g/mol. The molecule has 0 radical (unpaired) electrons. The molecule has 0 bridgehead atoms. The van der Waals surface area contributed by atoms with Gasteiger partial charge >= 0.3 is 6.03 Å². The van der Waals surface area contributed by atoms with E-state index in [0.717, 1.165) is 16.7 Å². The summed E-state index contributed by atoms with van der Waals surface area (Å²) in [5.74, 6) is 0.974. The van der Waals surface area contributed by atoms with E-state index in [1.165, 1.54) is 0 Å². The van der Waals surface area contributed by atoms with Gasteiger partial charge in [0.1, 0.15) is 0 Å². The summed E-state index contributed by atoms with van der Waals surface area (Å²) in [6.07, 6.45) is 0.658. The fourth-order valence-corrected chi connectivity index (χ4v) is 4.22. The first-order valence-electron chi connectivity index (χ1n) is 11.0. The van der Waals surface area contributed by atoms with E-state index in [1.807, 2.05) is 50.2 Å². The fourth-order valence-electron chi connectivity index (χ4n) is 4.22. The highest BCUT2D eigenvalue weighted by atomic mass is 16.5. The number of amides is 3. The van der Waals surface area contributed by atoms with Gasteiger partial charge in [0.15, 0.2) is 11.5 Å². The maximum atomic E-state index is 13.1. The lowest BCUT2D eigenvalue weighted by atomic mass is 9.84. The maximum absolute atomic E-state index is 13.1. The number of piperidine rings is 1. The molecular formula is C25H33N3O4. The van der Waals surface area contributed by atoms with Crippen LogP contribution >= 0.6 is 0 Å². The predicted molar refractivity (Wildman–Crippen MR) is 124 cm³/mol. The van der Waals surface area contributed by atoms with Crippen LogP contribution in [0, 0.1) is 12.8 Å². The molecule has 1 aliphatic heterocycles. The first-order valence-corrected chi connectivity index (χ1v) is 11.0. The number of carbonyl (C=O) groups excluding carboxylic acids is 2. The van der Waals surface area contributed by atoms with Gasteiger partial charge in [-0.25, -0.2) is 4.79 Å². The number of nitrogens with one attached hydrogen (secondary N) is 2. The monoisotopic (exact) mass is 439 g/mol. The summed E-state index contributed by atoms with van der Waals surface area (Å²) < 4.78 is 10.8. The van der Waals surface area contributed by atoms with Gasteiger partial charge in [-0.05, 0) is 43.5 Å². The molecule has 32 heavy (non-hydrogen) atoms. The van der Waals surface area contributed by atoms with Crippen molar-refractivity contribution in [1.29, 1.82) is 0 Å². The maximum Gasteiger partial charge on any atom is 0.317 e. The number of benzene rings is 2. The number of aryl methyl sites for hydroxylation is 1. The van der Waals surface area contributed by atoms with Crippen LogP contribution < -0.4 is 20.1 Å². The Morgan fingerprint density at radius 1 is 1.03 bits per heavy atom. The third-order valence-corrected chi connectivity index (χ3v) is 5.86. The molecule has 1 aliphatic rings. The first-order chi connectivity index (χ1) is 15.4. The van der Waals surface area contributed by atoms with Crippen LogP contribution in [-0.2, 0) is 11.3 Å². The van der Waals surface area contributed by atoms with Crippen LogP contribution in [0.25, 0.3) is 0 Å². The van der Waals surface area contributed by atoms with Crippen LogP contribution in [0.1, 0.15) is 36.0 Å². The Morgan fingerprint density at radius 2 is 1.81 bits per heavy atom. The van der Waals surface area contributed by atoms with Crippen LogP contribution in [0.2, 0.25) is 0 Å². The zero-order chi connectivity index (χ0) is 23.1. The predicted octanol–water partition coefficient (Wildman–Crippen LogP) is 3.46. The Bertz CT molecular complexity index is 947. The minimum atomic E-state index is -0.297. The summed E-state index contributed by atoms with van der Waals surface area (Å²) in [6.45, 7) is 5.88.